The molecule has 16 atom stereocenters. The average molecular weight is 1810 g/mol. The predicted octanol–water partition coefficient (Wildman–Crippen LogP) is -7.84. The quantitative estimate of drug-likeness (QED) is 0.0150. The maximum atomic E-state index is 13.4. The zero-order valence-electron chi connectivity index (χ0n) is 71.4. The van der Waals surface area contributed by atoms with E-state index in [0.717, 1.165) is 87.1 Å². The van der Waals surface area contributed by atoms with Crippen LogP contribution in [-0.2, 0) is 28.7 Å². The molecule has 6 fully saturated rings. The number of hydrogen-bond donors (Lipinski definition) is 11. The van der Waals surface area contributed by atoms with E-state index in [1.165, 1.54) is 43.2 Å². The summed E-state index contributed by atoms with van der Waals surface area (Å²) in [6.07, 6.45) is -3.20. The van der Waals surface area contributed by atoms with Gasteiger partial charge in [0.2, 0.25) is 0 Å². The fourth-order valence-corrected chi connectivity index (χ4v) is 16.6. The number of thioether (sulfide) groups is 2. The number of carboxylic acids is 2. The number of ether oxygens (including phenoxy) is 5. The molecule has 40 nitrogen and oxygen atoms in total. The summed E-state index contributed by atoms with van der Waals surface area (Å²) in [5.41, 5.74) is -0.474. The number of carboxylic acid groups (broad SMARTS) is 2. The van der Waals surface area contributed by atoms with E-state index in [4.69, 9.17) is 54.0 Å². The number of aliphatic carboxylic acids is 2. The van der Waals surface area contributed by atoms with E-state index < -0.39 is 163 Å². The first-order chi connectivity index (χ1) is 57.5. The predicted molar refractivity (Wildman–Crippen MR) is 431 cm³/mol. The van der Waals surface area contributed by atoms with E-state index in [9.17, 15) is 98.9 Å². The number of nitrogens with one attached hydrogen (secondary N) is 2. The first-order valence-electron chi connectivity index (χ1n) is 38.8. The van der Waals surface area contributed by atoms with Crippen LogP contribution >= 0.6 is 23.5 Å². The Hall–Kier alpha value is -6.84. The summed E-state index contributed by atoms with van der Waals surface area (Å²) in [4.78, 5) is 139. The molecule has 11 rings (SSSR count). The normalized spacial score (nSPS) is 23.6. The van der Waals surface area contributed by atoms with Crippen molar-refractivity contribution in [2.45, 2.75) is 196 Å². The Bertz CT molecular complexity index is 4290. The molecule has 7 aliphatic heterocycles. The second-order valence-electron chi connectivity index (χ2n) is 28.6. The van der Waals surface area contributed by atoms with Gasteiger partial charge in [0.15, 0.2) is 32.4 Å². The third-order valence-electron chi connectivity index (χ3n) is 20.4. The molecule has 7 heterocycles. The zero-order valence-corrected chi connectivity index (χ0v) is 78.0. The van der Waals surface area contributed by atoms with Gasteiger partial charge in [0, 0.05) is 85.2 Å². The minimum atomic E-state index is -1.69. The van der Waals surface area contributed by atoms with Gasteiger partial charge in [0.05, 0.1) is 53.1 Å². The van der Waals surface area contributed by atoms with Crippen LogP contribution in [0.25, 0.3) is 0 Å². The van der Waals surface area contributed by atoms with Crippen molar-refractivity contribution in [2.24, 2.45) is 10.9 Å². The third-order valence-corrected chi connectivity index (χ3v) is 22.7. The molecule has 7 aliphatic rings. The van der Waals surface area contributed by atoms with Crippen molar-refractivity contribution in [3.05, 3.63) is 131 Å². The first kappa shape index (κ1) is 111. The van der Waals surface area contributed by atoms with Crippen molar-refractivity contribution in [2.75, 3.05) is 77.3 Å². The number of hydrogen-bond acceptors (Lipinski definition) is 32. The number of aliphatic hydroxyl groups is 8. The molecule has 0 spiro atoms. The van der Waals surface area contributed by atoms with Crippen LogP contribution in [0.15, 0.2) is 77.8 Å². The summed E-state index contributed by atoms with van der Waals surface area (Å²) >= 11 is 3.51. The van der Waals surface area contributed by atoms with Gasteiger partial charge in [-0.05, 0) is 123 Å². The Morgan fingerprint density at radius 1 is 0.581 bits per heavy atom. The molecule has 0 aliphatic carbocycles. The molecule has 0 aromatic heterocycles. The minimum absolute atomic E-state index is 0. The number of aliphatic imine (C=N–C) groups is 1. The molecule has 6 unspecified atom stereocenters. The first-order valence-corrected chi connectivity index (χ1v) is 40.9. The number of fused-ring (bicyclic) bond motifs is 2. The molecular formula is C77H103BFN10Na3O30S2. The molecule has 666 valence electrons. The van der Waals surface area contributed by atoms with E-state index in [2.05, 4.69) is 51.2 Å². The van der Waals surface area contributed by atoms with Gasteiger partial charge < -0.3 is 116 Å². The van der Waals surface area contributed by atoms with Crippen molar-refractivity contribution < 1.29 is 227 Å². The topological polar surface area (TPSA) is 590 Å². The van der Waals surface area contributed by atoms with Gasteiger partial charge in [-0.3, -0.25) is 64.1 Å². The second-order valence-corrected chi connectivity index (χ2v) is 31.9. The summed E-state index contributed by atoms with van der Waals surface area (Å²) in [7, 11) is 4.50. The molecule has 0 saturated carbocycles. The van der Waals surface area contributed by atoms with E-state index in [-0.39, 0.29) is 188 Å². The standard InChI is InChI=1S/C22H31N3O10.C20H25N3O8.C17H22N2O6S.C15H19FN2O3S.C2H3O3.CH3B.3Na.H/c1-11(2)14-4-3-7-24(14)21(30)13-8-12(5-6-15(13)25(32)33)34-10-17(27)23-18-20(29)19(28)16(9-26)35-22(18)31;24-8-14-17(26)18(27)16(20(29)31-14)22-15(25)9-30-11-3-4-13-12(6-11)19(28)23-5-1-2-10(23)7-21-13;1-3-26-11(2)14-5-4-8-18(14)17(22)13-9-12(25-10-16(20)21)6-7-15(13)19(23)24;1-3-22-10(2)13-5-4-8-17(13)15(19)12-9-11(16)6-7-14(12)18(20)21;3-1-2(4)5;1-2;;;;/h5-6,8,11,14,16,18-20,22,26,28-29,31H,3-4,7,9-10H2,1-2H3,(H,23,27);3-4,6-7,10,14,16-18,20,24,26-27,29H,1-2,5,8-9H2,(H,22,25);6-7,9,11,14H,3-5,8,10H2,1-2H3,(H,20,21);6-7,9-10,13H,3-5,8H2,1-2H3;1H2,(H,4,5);1H3;;;;/q;;;;-1;;3*+1;-1/p-1/t14-,16+,18?,19+,20+,22?;10-,14+,16?,17+,18+,20?;11?,14-;10?,13-;;;;;;/m0000....../s1. The van der Waals surface area contributed by atoms with Crippen LogP contribution in [0, 0.1) is 42.1 Å². The minimum Gasteiger partial charge on any atom is -1.00 e. The van der Waals surface area contributed by atoms with Gasteiger partial charge in [0.1, 0.15) is 88.5 Å². The van der Waals surface area contributed by atoms with Crippen molar-refractivity contribution in [1.82, 2.24) is 30.2 Å². The average Bonchev–Trinajstić information content (AvgIpc) is 1.77. The van der Waals surface area contributed by atoms with Gasteiger partial charge in [-0.25, -0.2) is 9.18 Å². The summed E-state index contributed by atoms with van der Waals surface area (Å²) in [5, 5.41) is 144. The largest absolute Gasteiger partial charge is 1.00 e. The molecule has 4 aromatic rings. The SMILES string of the molecule is CC(C)[C@@H]1CCCN1C(=O)c1cc(OCC(=O)NC2C(O)O[C@H](CO)[C@@H](O)[C@@H]2O)ccc1[N+](=O)[O-].CCSC(C)[C@@H]1CCCN1C(=O)c1cc(F)ccc1[N+](=O)[O-].CCSC(C)[C@@H]1CCCN1C(=O)c1cc(OCC(=O)O)ccc1[N+](=O)[O-].O=C(COc1ccc2c(c1)C(=O)N1CCC[C@H]1C=N2)NC1C(O)O[C@H](CO)[C@@H](O)[C@@H]1O.O=C([O-])C[O-].[B]C.[H-].[Na+].[Na+].[Na+]. The van der Waals surface area contributed by atoms with Crippen LogP contribution in [0.5, 0.6) is 17.2 Å². The zero-order chi connectivity index (χ0) is 89.8. The van der Waals surface area contributed by atoms with Crippen LogP contribution < -0.4 is 124 Å². The van der Waals surface area contributed by atoms with Crippen LogP contribution in [0.1, 0.15) is 136 Å². The number of aliphatic hydroxyl groups excluding tert-OH is 8. The molecule has 11 N–H and O–H groups in total. The van der Waals surface area contributed by atoms with Crippen molar-refractivity contribution in [3.8, 4) is 17.2 Å². The van der Waals surface area contributed by atoms with E-state index in [1.807, 2.05) is 13.8 Å². The van der Waals surface area contributed by atoms with Crippen LogP contribution in [0.2, 0.25) is 6.82 Å². The van der Waals surface area contributed by atoms with Crippen molar-refractivity contribution in [3.63, 3.8) is 0 Å². The monoisotopic (exact) mass is 1810 g/mol. The van der Waals surface area contributed by atoms with E-state index in [1.54, 1.807) is 61.5 Å². The number of rotatable bonds is 27. The molecule has 6 saturated heterocycles. The number of nitro groups is 3. The Morgan fingerprint density at radius 3 is 1.34 bits per heavy atom. The van der Waals surface area contributed by atoms with Gasteiger partial charge in [-0.2, -0.15) is 23.5 Å². The van der Waals surface area contributed by atoms with Crippen molar-refractivity contribution >= 4 is 108 Å². The second kappa shape index (κ2) is 54.5. The molecule has 6 amide bonds. The number of amides is 6. The number of carbonyl (C=O) groups excluding carboxylic acids is 7. The Kier molecular flexibility index (Phi) is 48.9. The van der Waals surface area contributed by atoms with Gasteiger partial charge in [0.25, 0.3) is 52.5 Å². The van der Waals surface area contributed by atoms with Crippen LogP contribution in [-0.4, -0.2) is 315 Å². The summed E-state index contributed by atoms with van der Waals surface area (Å²) in [5.74, 6) is -3.81. The van der Waals surface area contributed by atoms with Crippen LogP contribution in [0.3, 0.4) is 0 Å². The Balaban J connectivity index is 0.000000550. The Labute approximate surface area is 791 Å². The maximum Gasteiger partial charge on any atom is 1.00 e. The van der Waals surface area contributed by atoms with E-state index >= 15 is 0 Å². The number of likely N-dealkylation sites (tertiary alicyclic amines) is 3. The number of halogens is 1. The van der Waals surface area contributed by atoms with Crippen molar-refractivity contribution in [1.29, 1.82) is 0 Å². The molecule has 4 aromatic carbocycles. The Morgan fingerprint density at radius 2 is 0.952 bits per heavy atom. The molecule has 47 heteroatoms. The van der Waals surface area contributed by atoms with E-state index in [0.29, 0.717) is 37.4 Å². The van der Waals surface area contributed by atoms with Crippen LogP contribution in [0.4, 0.5) is 27.1 Å². The van der Waals surface area contributed by atoms with Gasteiger partial charge in [-0.1, -0.05) is 55.0 Å². The number of nitro benzene ring substituents is 3. The molecular weight excluding hydrogens is 1710 g/mol. The van der Waals surface area contributed by atoms with Gasteiger partial charge >= 0.3 is 94.6 Å². The molecule has 124 heavy (non-hydrogen) atoms. The number of carbonyl (C=O) groups is 8. The third kappa shape index (κ3) is 30.7. The summed E-state index contributed by atoms with van der Waals surface area (Å²) in [6.45, 7) is 11.9. The fourth-order valence-electron chi connectivity index (χ4n) is 14.5. The number of nitrogens with zero attached hydrogens (tertiary/aromatic N) is 8. The fraction of sp³-hybridized carbons (Fsp3) is 0.571. The maximum absolute atomic E-state index is 13.4. The number of benzene rings is 4. The molecule has 0 bridgehead atoms. The smallest absolute Gasteiger partial charge is 1.00 e. The van der Waals surface area contributed by atoms with Gasteiger partial charge in [-0.15, -0.1) is 0 Å². The summed E-state index contributed by atoms with van der Waals surface area (Å²) < 4.78 is 39.4. The molecule has 2 radical (unpaired) electrons. The summed E-state index contributed by atoms with van der Waals surface area (Å²) in [6, 6.07) is 12.5.